The van der Waals surface area contributed by atoms with E-state index < -0.39 is 9.84 Å². The lowest BCUT2D eigenvalue weighted by molar-refractivity contribution is 0.103. The predicted octanol–water partition coefficient (Wildman–Crippen LogP) is 1.72. The molecule has 2 aromatic rings. The van der Waals surface area contributed by atoms with E-state index in [1.54, 1.807) is 37.3 Å². The molecular weight excluding hydrogens is 312 g/mol. The van der Waals surface area contributed by atoms with Gasteiger partial charge in [0.1, 0.15) is 5.84 Å². The largest absolute Gasteiger partial charge is 0.368 e. The highest BCUT2D eigenvalue weighted by Gasteiger charge is 2.36. The van der Waals surface area contributed by atoms with E-state index in [2.05, 4.69) is 10.3 Å². The highest BCUT2D eigenvalue weighted by Crippen LogP contribution is 2.36. The highest BCUT2D eigenvalue weighted by atomic mass is 32.2. The van der Waals surface area contributed by atoms with E-state index in [9.17, 15) is 13.2 Å². The summed E-state index contributed by atoms with van der Waals surface area (Å²) in [7, 11) is -3.71. The van der Waals surface area contributed by atoms with Crippen molar-refractivity contribution >= 4 is 21.5 Å². The molecule has 2 aromatic carbocycles. The Hall–Kier alpha value is -2.47. The van der Waals surface area contributed by atoms with Crippen molar-refractivity contribution in [2.75, 3.05) is 13.1 Å². The summed E-state index contributed by atoms with van der Waals surface area (Å²) in [6.07, 6.45) is 0. The molecule has 0 spiro atoms. The lowest BCUT2D eigenvalue weighted by Crippen LogP contribution is -2.24. The summed E-state index contributed by atoms with van der Waals surface area (Å²) in [6.45, 7) is 3.16. The van der Waals surface area contributed by atoms with E-state index in [-0.39, 0.29) is 26.7 Å². The van der Waals surface area contributed by atoms with Gasteiger partial charge in [-0.3, -0.25) is 9.79 Å². The molecule has 0 aliphatic carbocycles. The summed E-state index contributed by atoms with van der Waals surface area (Å²) in [5, 5.41) is 3.12. The van der Waals surface area contributed by atoms with E-state index in [1.807, 2.05) is 0 Å². The molecule has 0 fully saturated rings. The first-order chi connectivity index (χ1) is 11.0. The van der Waals surface area contributed by atoms with Gasteiger partial charge in [-0.15, -0.1) is 0 Å². The lowest BCUT2D eigenvalue weighted by Gasteiger charge is -2.21. The van der Waals surface area contributed by atoms with Crippen LogP contribution < -0.4 is 5.32 Å². The lowest BCUT2D eigenvalue weighted by atomic mass is 9.97. The zero-order chi connectivity index (χ0) is 16.2. The molecule has 4 rings (SSSR count). The molecule has 0 saturated heterocycles. The van der Waals surface area contributed by atoms with Crippen LogP contribution in [0.4, 0.5) is 0 Å². The van der Waals surface area contributed by atoms with Gasteiger partial charge in [0, 0.05) is 23.2 Å². The van der Waals surface area contributed by atoms with Crippen molar-refractivity contribution in [3.05, 3.63) is 58.7 Å². The molecule has 116 valence electrons. The molecule has 2 aliphatic heterocycles. The van der Waals surface area contributed by atoms with Gasteiger partial charge >= 0.3 is 0 Å². The number of fused-ring (bicyclic) bond motifs is 2. The number of nitrogens with one attached hydrogen (secondary N) is 1. The topological polar surface area (TPSA) is 75.6 Å². The molecule has 0 saturated carbocycles. The number of carbonyl (C=O) groups excluding carboxylic acids is 1. The Morgan fingerprint density at radius 1 is 1.13 bits per heavy atom. The van der Waals surface area contributed by atoms with Crippen LogP contribution in [0.5, 0.6) is 0 Å². The molecule has 0 bridgehead atoms. The van der Waals surface area contributed by atoms with Gasteiger partial charge in [0.05, 0.1) is 16.3 Å². The van der Waals surface area contributed by atoms with Crippen LogP contribution in [0.1, 0.15) is 27.0 Å². The minimum Gasteiger partial charge on any atom is -0.368 e. The monoisotopic (exact) mass is 326 g/mol. The van der Waals surface area contributed by atoms with Crippen LogP contribution in [0.15, 0.2) is 51.2 Å². The highest BCUT2D eigenvalue weighted by molar-refractivity contribution is 7.91. The first-order valence-corrected chi connectivity index (χ1v) is 8.80. The molecule has 0 aromatic heterocycles. The van der Waals surface area contributed by atoms with Crippen LogP contribution in [0.3, 0.4) is 0 Å². The molecule has 1 N–H and O–H groups in total. The normalized spacial score (nSPS) is 18.0. The van der Waals surface area contributed by atoms with Crippen molar-refractivity contribution in [3.63, 3.8) is 0 Å². The van der Waals surface area contributed by atoms with Crippen LogP contribution in [0.25, 0.3) is 0 Å². The first-order valence-electron chi connectivity index (χ1n) is 7.32. The van der Waals surface area contributed by atoms with Crippen molar-refractivity contribution in [3.8, 4) is 0 Å². The zero-order valence-electron chi connectivity index (χ0n) is 12.5. The summed E-state index contributed by atoms with van der Waals surface area (Å²) in [5.41, 5.74) is 1.87. The number of hydrogen-bond acceptors (Lipinski definition) is 5. The molecule has 0 radical (unpaired) electrons. The summed E-state index contributed by atoms with van der Waals surface area (Å²) < 4.78 is 25.9. The van der Waals surface area contributed by atoms with Crippen LogP contribution >= 0.6 is 0 Å². The minimum atomic E-state index is -3.71. The smallest absolute Gasteiger partial charge is 0.208 e. The van der Waals surface area contributed by atoms with Crippen LogP contribution in [0.2, 0.25) is 0 Å². The first kappa shape index (κ1) is 14.1. The molecule has 23 heavy (non-hydrogen) atoms. The van der Waals surface area contributed by atoms with Gasteiger partial charge < -0.3 is 5.32 Å². The SMILES string of the molecule is Cc1cccc2c1C(=O)c1ccc(C3=NCCN3)cc1S2(=O)=O. The molecule has 0 unspecified atom stereocenters. The second kappa shape index (κ2) is 4.76. The Morgan fingerprint density at radius 3 is 2.70 bits per heavy atom. The third-order valence-electron chi connectivity index (χ3n) is 4.21. The summed E-state index contributed by atoms with van der Waals surface area (Å²) in [6, 6.07) is 9.79. The maximum Gasteiger partial charge on any atom is 0.208 e. The Labute approximate surface area is 134 Å². The third kappa shape index (κ3) is 1.95. The Bertz CT molecular complexity index is 991. The minimum absolute atomic E-state index is 0.0644. The maximum atomic E-state index is 12.9. The van der Waals surface area contributed by atoms with Crippen molar-refractivity contribution in [1.29, 1.82) is 0 Å². The van der Waals surface area contributed by atoms with Crippen LogP contribution in [0, 0.1) is 6.92 Å². The molecule has 2 heterocycles. The second-order valence-corrected chi connectivity index (χ2v) is 7.54. The number of benzene rings is 2. The Morgan fingerprint density at radius 2 is 1.96 bits per heavy atom. The van der Waals surface area contributed by atoms with Gasteiger partial charge in [-0.05, 0) is 30.7 Å². The summed E-state index contributed by atoms with van der Waals surface area (Å²) >= 11 is 0. The van der Waals surface area contributed by atoms with E-state index in [4.69, 9.17) is 0 Å². The maximum absolute atomic E-state index is 12.9. The fourth-order valence-corrected chi connectivity index (χ4v) is 4.83. The van der Waals surface area contributed by atoms with E-state index >= 15 is 0 Å². The fourth-order valence-electron chi connectivity index (χ4n) is 3.08. The van der Waals surface area contributed by atoms with Gasteiger partial charge in [-0.2, -0.15) is 0 Å². The molecule has 5 nitrogen and oxygen atoms in total. The van der Waals surface area contributed by atoms with Crippen LogP contribution in [-0.2, 0) is 9.84 Å². The standard InChI is InChI=1S/C17H14N2O3S/c1-10-3-2-4-13-15(10)16(20)12-6-5-11(17-18-7-8-19-17)9-14(12)23(13,21)22/h2-6,9H,7-8H2,1H3,(H,18,19). The van der Waals surface area contributed by atoms with Gasteiger partial charge in [-0.1, -0.05) is 18.2 Å². The van der Waals surface area contributed by atoms with Gasteiger partial charge in [0.15, 0.2) is 5.78 Å². The molecular formula is C17H14N2O3S. The number of hydrogen-bond donors (Lipinski definition) is 1. The van der Waals surface area contributed by atoms with Gasteiger partial charge in [-0.25, -0.2) is 8.42 Å². The Balaban J connectivity index is 1.99. The average Bonchev–Trinajstić information content (AvgIpc) is 3.07. The number of ketones is 1. The predicted molar refractivity (Wildman–Crippen MR) is 85.9 cm³/mol. The number of aliphatic imine (C=N–C) groups is 1. The number of rotatable bonds is 1. The molecule has 2 aliphatic rings. The Kier molecular flexibility index (Phi) is 2.93. The number of nitrogens with zero attached hydrogens (tertiary/aromatic N) is 1. The number of carbonyl (C=O) groups is 1. The van der Waals surface area contributed by atoms with Gasteiger partial charge in [0.25, 0.3) is 0 Å². The quantitative estimate of drug-likeness (QED) is 0.739. The average molecular weight is 326 g/mol. The third-order valence-corrected chi connectivity index (χ3v) is 6.05. The van der Waals surface area contributed by atoms with Crippen LogP contribution in [-0.4, -0.2) is 33.1 Å². The molecule has 6 heteroatoms. The number of aryl methyl sites for hydroxylation is 1. The fraction of sp³-hybridized carbons (Fsp3) is 0.176. The summed E-state index contributed by atoms with van der Waals surface area (Å²) in [5.74, 6) is 0.432. The van der Waals surface area contributed by atoms with E-state index in [1.165, 1.54) is 6.07 Å². The van der Waals surface area contributed by atoms with Crippen molar-refractivity contribution in [1.82, 2.24) is 5.32 Å². The molecule has 0 amide bonds. The van der Waals surface area contributed by atoms with E-state index in [0.29, 0.717) is 23.5 Å². The van der Waals surface area contributed by atoms with Crippen molar-refractivity contribution < 1.29 is 13.2 Å². The van der Waals surface area contributed by atoms with Crippen molar-refractivity contribution in [2.45, 2.75) is 16.7 Å². The molecule has 0 atom stereocenters. The van der Waals surface area contributed by atoms with Gasteiger partial charge in [0.2, 0.25) is 9.84 Å². The van der Waals surface area contributed by atoms with E-state index in [0.717, 1.165) is 6.54 Å². The summed E-state index contributed by atoms with van der Waals surface area (Å²) in [4.78, 5) is 17.2. The van der Waals surface area contributed by atoms with Crippen molar-refractivity contribution in [2.24, 2.45) is 4.99 Å². The number of amidine groups is 1. The zero-order valence-corrected chi connectivity index (χ0v) is 13.3. The second-order valence-electron chi connectivity index (χ2n) is 5.65. The number of sulfone groups is 1.